The molecule has 4 rings (SSSR count). The first-order chi connectivity index (χ1) is 12.1. The van der Waals surface area contributed by atoms with Gasteiger partial charge in [-0.05, 0) is 40.9 Å². The molecule has 6 heteroatoms. The lowest BCUT2D eigenvalue weighted by molar-refractivity contribution is 0.0431. The minimum absolute atomic E-state index is 0.547. The van der Waals surface area contributed by atoms with Crippen LogP contribution in [0.1, 0.15) is 31.4 Å². The fraction of sp³-hybridized carbons (Fsp3) is 0.632. The molecule has 0 amide bonds. The predicted molar refractivity (Wildman–Crippen MR) is 103 cm³/mol. The molecule has 136 valence electrons. The van der Waals surface area contributed by atoms with Crippen molar-refractivity contribution in [3.8, 4) is 0 Å². The third kappa shape index (κ3) is 3.25. The molecular formula is C19H27BrN3O2+. The minimum atomic E-state index is 0.547. The van der Waals surface area contributed by atoms with E-state index in [1.54, 1.807) is 7.11 Å². The predicted octanol–water partition coefficient (Wildman–Crippen LogP) is 3.77. The van der Waals surface area contributed by atoms with Gasteiger partial charge in [0.15, 0.2) is 5.69 Å². The van der Waals surface area contributed by atoms with E-state index in [4.69, 9.17) is 14.6 Å². The van der Waals surface area contributed by atoms with Gasteiger partial charge in [-0.3, -0.25) is 4.48 Å². The van der Waals surface area contributed by atoms with Gasteiger partial charge in [0.05, 0.1) is 39.5 Å². The maximum atomic E-state index is 5.65. The Kier molecular flexibility index (Phi) is 4.88. The molecule has 1 saturated carbocycles. The Morgan fingerprint density at radius 3 is 2.72 bits per heavy atom. The Hall–Kier alpha value is -0.950. The molecule has 5 nitrogen and oxygen atoms in total. The summed E-state index contributed by atoms with van der Waals surface area (Å²) in [6.07, 6.45) is 4.95. The summed E-state index contributed by atoms with van der Waals surface area (Å²) in [6, 6.07) is 6.92. The fourth-order valence-corrected chi connectivity index (χ4v) is 4.80. The van der Waals surface area contributed by atoms with Gasteiger partial charge >= 0.3 is 0 Å². The van der Waals surface area contributed by atoms with Crippen molar-refractivity contribution in [2.24, 2.45) is 5.92 Å². The van der Waals surface area contributed by atoms with Gasteiger partial charge in [0, 0.05) is 25.9 Å². The van der Waals surface area contributed by atoms with Crippen molar-refractivity contribution in [2.75, 3.05) is 33.9 Å². The van der Waals surface area contributed by atoms with Crippen molar-refractivity contribution in [3.05, 3.63) is 28.5 Å². The summed E-state index contributed by atoms with van der Waals surface area (Å²) in [4.78, 5) is 0. The Bertz CT molecular complexity index is 752. The summed E-state index contributed by atoms with van der Waals surface area (Å²) in [7, 11) is 4.16. The molecule has 0 N–H and O–H groups in total. The second kappa shape index (κ2) is 6.99. The van der Waals surface area contributed by atoms with Gasteiger partial charge in [0.2, 0.25) is 0 Å². The van der Waals surface area contributed by atoms with E-state index in [-0.39, 0.29) is 0 Å². The van der Waals surface area contributed by atoms with Crippen LogP contribution in [0.15, 0.2) is 22.8 Å². The van der Waals surface area contributed by atoms with E-state index in [0.717, 1.165) is 46.8 Å². The van der Waals surface area contributed by atoms with E-state index in [0.29, 0.717) is 12.6 Å². The number of quaternary nitrogens is 1. The van der Waals surface area contributed by atoms with Crippen LogP contribution < -0.4 is 4.48 Å². The molecule has 1 aliphatic heterocycles. The number of halogens is 1. The Balaban J connectivity index is 1.87. The van der Waals surface area contributed by atoms with E-state index < -0.39 is 0 Å². The summed E-state index contributed by atoms with van der Waals surface area (Å²) in [5.41, 5.74) is 3.59. The number of aromatic nitrogens is 2. The van der Waals surface area contributed by atoms with Crippen molar-refractivity contribution in [1.82, 2.24) is 14.1 Å². The molecule has 2 aliphatic rings. The van der Waals surface area contributed by atoms with Gasteiger partial charge in [-0.1, -0.05) is 6.07 Å². The topological polar surface area (TPSA) is 35.8 Å². The molecule has 2 aromatic heterocycles. The van der Waals surface area contributed by atoms with Gasteiger partial charge in [-0.2, -0.15) is 5.10 Å². The monoisotopic (exact) mass is 408 g/mol. The highest BCUT2D eigenvalue weighted by Gasteiger charge is 2.44. The van der Waals surface area contributed by atoms with Gasteiger partial charge in [-0.25, -0.2) is 4.52 Å². The van der Waals surface area contributed by atoms with Crippen LogP contribution in [-0.4, -0.2) is 49.6 Å². The van der Waals surface area contributed by atoms with Crippen LogP contribution in [0.4, 0.5) is 5.69 Å². The molecule has 1 unspecified atom stereocenters. The second-order valence-corrected chi connectivity index (χ2v) is 8.42. The zero-order valence-electron chi connectivity index (χ0n) is 15.1. The first-order valence-corrected chi connectivity index (χ1v) is 10.0. The summed E-state index contributed by atoms with van der Waals surface area (Å²) < 4.78 is 15.1. The summed E-state index contributed by atoms with van der Waals surface area (Å²) >= 11 is 3.65. The van der Waals surface area contributed by atoms with Crippen molar-refractivity contribution >= 4 is 27.1 Å². The van der Waals surface area contributed by atoms with Gasteiger partial charge < -0.3 is 9.47 Å². The minimum Gasteiger partial charge on any atom is -0.381 e. The number of rotatable bonds is 6. The van der Waals surface area contributed by atoms with E-state index in [2.05, 4.69) is 35.1 Å². The van der Waals surface area contributed by atoms with Gasteiger partial charge in [0.25, 0.3) is 0 Å². The Labute approximate surface area is 157 Å². The average molecular weight is 409 g/mol. The van der Waals surface area contributed by atoms with Crippen LogP contribution in [0.5, 0.6) is 0 Å². The first-order valence-electron chi connectivity index (χ1n) is 9.22. The molecule has 1 aliphatic carbocycles. The number of hydrogen-bond acceptors (Lipinski definition) is 3. The van der Waals surface area contributed by atoms with Crippen LogP contribution in [-0.2, 0) is 16.1 Å². The highest BCUT2D eigenvalue weighted by molar-refractivity contribution is 9.10. The van der Waals surface area contributed by atoms with Crippen molar-refractivity contribution in [1.29, 1.82) is 0 Å². The Morgan fingerprint density at radius 1 is 1.28 bits per heavy atom. The van der Waals surface area contributed by atoms with Crippen LogP contribution in [0, 0.1) is 5.92 Å². The third-order valence-corrected chi connectivity index (χ3v) is 6.38. The average Bonchev–Trinajstić information content (AvgIpc) is 3.34. The molecule has 2 fully saturated rings. The fourth-order valence-electron chi connectivity index (χ4n) is 4.38. The molecule has 0 aromatic carbocycles. The molecule has 25 heavy (non-hydrogen) atoms. The molecular weight excluding hydrogens is 382 g/mol. The normalized spacial score (nSPS) is 21.6. The van der Waals surface area contributed by atoms with E-state index in [9.17, 15) is 0 Å². The summed E-state index contributed by atoms with van der Waals surface area (Å²) in [5, 5.41) is 4.89. The highest BCUT2D eigenvalue weighted by Crippen LogP contribution is 2.42. The van der Waals surface area contributed by atoms with Gasteiger partial charge in [-0.15, -0.1) is 0 Å². The van der Waals surface area contributed by atoms with Crippen LogP contribution in [0.25, 0.3) is 5.52 Å². The van der Waals surface area contributed by atoms with Crippen molar-refractivity contribution in [3.63, 3.8) is 0 Å². The standard InChI is InChI=1S/C19H27BrN3O2/c1-23(12-14-6-7-14,15-8-10-25-11-9-15)19-16(13-24-2)21-22-17(19)4-3-5-18(22)20/h3-5,14-15H,6-13H2,1-2H3/q+1. The molecule has 1 atom stereocenters. The van der Waals surface area contributed by atoms with E-state index >= 15 is 0 Å². The van der Waals surface area contributed by atoms with Crippen molar-refractivity contribution < 1.29 is 9.47 Å². The maximum absolute atomic E-state index is 5.65. The third-order valence-electron chi connectivity index (χ3n) is 5.78. The highest BCUT2D eigenvalue weighted by atomic mass is 79.9. The zero-order chi connectivity index (χ0) is 17.4. The number of methoxy groups -OCH3 is 1. The lowest BCUT2D eigenvalue weighted by Gasteiger charge is -2.43. The quantitative estimate of drug-likeness (QED) is 0.538. The number of ether oxygens (including phenoxy) is 2. The largest absolute Gasteiger partial charge is 0.381 e. The molecule has 3 heterocycles. The lowest BCUT2D eigenvalue weighted by Crippen LogP contribution is -2.57. The number of nitrogens with zero attached hydrogens (tertiary/aromatic N) is 3. The molecule has 0 radical (unpaired) electrons. The lowest BCUT2D eigenvalue weighted by atomic mass is 10.0. The Morgan fingerprint density at radius 2 is 2.04 bits per heavy atom. The molecule has 0 spiro atoms. The first kappa shape index (κ1) is 17.5. The zero-order valence-corrected chi connectivity index (χ0v) is 16.7. The molecule has 0 bridgehead atoms. The maximum Gasteiger partial charge on any atom is 0.184 e. The summed E-state index contributed by atoms with van der Waals surface area (Å²) in [5.74, 6) is 0.838. The number of hydrogen-bond donors (Lipinski definition) is 0. The van der Waals surface area contributed by atoms with Crippen LogP contribution >= 0.6 is 15.9 Å². The van der Waals surface area contributed by atoms with Crippen LogP contribution in [0.3, 0.4) is 0 Å². The number of fused-ring (bicyclic) bond motifs is 1. The van der Waals surface area contributed by atoms with E-state index in [1.807, 2.05) is 10.6 Å². The van der Waals surface area contributed by atoms with Crippen LogP contribution in [0.2, 0.25) is 0 Å². The van der Waals surface area contributed by atoms with E-state index in [1.165, 1.54) is 30.6 Å². The second-order valence-electron chi connectivity index (χ2n) is 7.61. The number of pyridine rings is 1. The SMILES string of the molecule is COCc1nn2c(Br)cccc2c1[N+](C)(CC1CC1)C1CCOCC1. The smallest absolute Gasteiger partial charge is 0.184 e. The molecule has 2 aromatic rings. The summed E-state index contributed by atoms with van der Waals surface area (Å²) in [6.45, 7) is 3.47. The van der Waals surface area contributed by atoms with Crippen molar-refractivity contribution in [2.45, 2.75) is 38.3 Å². The van der Waals surface area contributed by atoms with Gasteiger partial charge in [0.1, 0.15) is 15.8 Å². The molecule has 1 saturated heterocycles.